The number of nitro groups is 1. The van der Waals surface area contributed by atoms with E-state index >= 15 is 0 Å². The fraction of sp³-hybridized carbons (Fsp3) is 0.600. The van der Waals surface area contributed by atoms with Crippen LogP contribution in [0.15, 0.2) is 12.1 Å². The topological polar surface area (TPSA) is 73.6 Å². The van der Waals surface area contributed by atoms with Crippen molar-refractivity contribution in [3.05, 3.63) is 22.2 Å². The van der Waals surface area contributed by atoms with Crippen LogP contribution in [0.25, 0.3) is 0 Å². The minimum Gasteiger partial charge on any atom is -0.493 e. The SMILES string of the molecule is COc1cc(NC2CCCC2(C)C)c([N+](=O)[O-])cc1OC. The lowest BCUT2D eigenvalue weighted by Crippen LogP contribution is -2.31. The highest BCUT2D eigenvalue weighted by atomic mass is 16.6. The minimum atomic E-state index is -0.397. The smallest absolute Gasteiger partial charge is 0.296 e. The maximum absolute atomic E-state index is 11.3. The zero-order valence-corrected chi connectivity index (χ0v) is 12.9. The summed E-state index contributed by atoms with van der Waals surface area (Å²) in [6, 6.07) is 3.27. The number of hydrogen-bond acceptors (Lipinski definition) is 5. The number of methoxy groups -OCH3 is 2. The fourth-order valence-corrected chi connectivity index (χ4v) is 2.92. The molecule has 0 radical (unpaired) electrons. The Morgan fingerprint density at radius 3 is 2.38 bits per heavy atom. The van der Waals surface area contributed by atoms with Crippen molar-refractivity contribution in [3.8, 4) is 11.5 Å². The van der Waals surface area contributed by atoms with E-state index in [1.54, 1.807) is 6.07 Å². The molecule has 1 N–H and O–H groups in total. The Morgan fingerprint density at radius 2 is 1.90 bits per heavy atom. The van der Waals surface area contributed by atoms with Gasteiger partial charge in [0.25, 0.3) is 5.69 Å². The number of anilines is 1. The van der Waals surface area contributed by atoms with Crippen LogP contribution in [0.5, 0.6) is 11.5 Å². The van der Waals surface area contributed by atoms with Gasteiger partial charge in [0.1, 0.15) is 5.69 Å². The lowest BCUT2D eigenvalue weighted by Gasteiger charge is -2.28. The highest BCUT2D eigenvalue weighted by Crippen LogP contribution is 2.43. The summed E-state index contributed by atoms with van der Waals surface area (Å²) in [7, 11) is 2.99. The normalized spacial score (nSPS) is 20.1. The van der Waals surface area contributed by atoms with Crippen molar-refractivity contribution in [2.45, 2.75) is 39.2 Å². The molecule has 0 aliphatic heterocycles. The van der Waals surface area contributed by atoms with Gasteiger partial charge in [0.05, 0.1) is 25.2 Å². The van der Waals surface area contributed by atoms with Gasteiger partial charge in [0, 0.05) is 12.1 Å². The fourth-order valence-electron chi connectivity index (χ4n) is 2.92. The highest BCUT2D eigenvalue weighted by molar-refractivity contribution is 5.69. The molecule has 116 valence electrons. The van der Waals surface area contributed by atoms with Crippen molar-refractivity contribution in [2.75, 3.05) is 19.5 Å². The van der Waals surface area contributed by atoms with Crippen LogP contribution in [0.2, 0.25) is 0 Å². The van der Waals surface area contributed by atoms with E-state index < -0.39 is 4.92 Å². The molecule has 0 aromatic heterocycles. The number of hydrogen-bond donors (Lipinski definition) is 1. The maximum atomic E-state index is 11.3. The average Bonchev–Trinajstić information content (AvgIpc) is 2.77. The van der Waals surface area contributed by atoms with Crippen molar-refractivity contribution < 1.29 is 14.4 Å². The summed E-state index contributed by atoms with van der Waals surface area (Å²) in [5, 5.41) is 14.6. The summed E-state index contributed by atoms with van der Waals surface area (Å²) in [6.07, 6.45) is 3.26. The molecule has 0 bridgehead atoms. The van der Waals surface area contributed by atoms with E-state index in [4.69, 9.17) is 9.47 Å². The minimum absolute atomic E-state index is 0.00958. The Balaban J connectivity index is 2.39. The molecular weight excluding hydrogens is 272 g/mol. The first-order valence-corrected chi connectivity index (χ1v) is 7.06. The average molecular weight is 294 g/mol. The second kappa shape index (κ2) is 5.79. The van der Waals surface area contributed by atoms with E-state index in [0.717, 1.165) is 19.3 Å². The summed E-state index contributed by atoms with van der Waals surface area (Å²) in [6.45, 7) is 4.37. The number of ether oxygens (including phenoxy) is 2. The molecule has 21 heavy (non-hydrogen) atoms. The van der Waals surface area contributed by atoms with Gasteiger partial charge in [-0.2, -0.15) is 0 Å². The van der Waals surface area contributed by atoms with Crippen LogP contribution in [0, 0.1) is 15.5 Å². The molecule has 1 aromatic carbocycles. The predicted molar refractivity (Wildman–Crippen MR) is 81.2 cm³/mol. The van der Waals surface area contributed by atoms with Crippen LogP contribution in [0.3, 0.4) is 0 Å². The Hall–Kier alpha value is -1.98. The van der Waals surface area contributed by atoms with Crippen molar-refractivity contribution in [1.29, 1.82) is 0 Å². The summed E-state index contributed by atoms with van der Waals surface area (Å²) in [5.41, 5.74) is 0.620. The number of nitro benzene ring substituents is 1. The summed E-state index contributed by atoms with van der Waals surface area (Å²) in [5.74, 6) is 0.849. The number of nitrogens with zero attached hydrogens (tertiary/aromatic N) is 1. The van der Waals surface area contributed by atoms with Gasteiger partial charge < -0.3 is 14.8 Å². The third-order valence-electron chi connectivity index (χ3n) is 4.29. The predicted octanol–water partition coefficient (Wildman–Crippen LogP) is 3.60. The van der Waals surface area contributed by atoms with Crippen LogP contribution >= 0.6 is 0 Å². The lowest BCUT2D eigenvalue weighted by atomic mass is 9.87. The van der Waals surface area contributed by atoms with Crippen LogP contribution < -0.4 is 14.8 Å². The second-order valence-corrected chi connectivity index (χ2v) is 6.06. The molecule has 6 nitrogen and oxygen atoms in total. The number of rotatable bonds is 5. The van der Waals surface area contributed by atoms with Gasteiger partial charge in [-0.3, -0.25) is 10.1 Å². The van der Waals surface area contributed by atoms with E-state index in [2.05, 4.69) is 19.2 Å². The molecule has 1 atom stereocenters. The number of benzene rings is 1. The zero-order chi connectivity index (χ0) is 15.6. The molecule has 0 heterocycles. The van der Waals surface area contributed by atoms with Crippen LogP contribution in [0.1, 0.15) is 33.1 Å². The van der Waals surface area contributed by atoms with Gasteiger partial charge >= 0.3 is 0 Å². The van der Waals surface area contributed by atoms with Crippen LogP contribution in [-0.2, 0) is 0 Å². The molecular formula is C15H22N2O4. The van der Waals surface area contributed by atoms with Gasteiger partial charge in [-0.05, 0) is 18.3 Å². The molecule has 6 heteroatoms. The third kappa shape index (κ3) is 3.04. The summed E-state index contributed by atoms with van der Waals surface area (Å²) < 4.78 is 10.4. The quantitative estimate of drug-likeness (QED) is 0.663. The molecule has 0 saturated heterocycles. The molecule has 1 fully saturated rings. The second-order valence-electron chi connectivity index (χ2n) is 6.06. The van der Waals surface area contributed by atoms with Gasteiger partial charge in [0.2, 0.25) is 0 Å². The van der Waals surface area contributed by atoms with Crippen molar-refractivity contribution in [3.63, 3.8) is 0 Å². The third-order valence-corrected chi connectivity index (χ3v) is 4.29. The monoisotopic (exact) mass is 294 g/mol. The molecule has 2 rings (SSSR count). The van der Waals surface area contributed by atoms with Crippen molar-refractivity contribution in [2.24, 2.45) is 5.41 Å². The van der Waals surface area contributed by atoms with Gasteiger partial charge in [-0.15, -0.1) is 0 Å². The Kier molecular flexibility index (Phi) is 4.25. The van der Waals surface area contributed by atoms with E-state index in [1.807, 2.05) is 0 Å². The first kappa shape index (κ1) is 15.4. The first-order chi connectivity index (χ1) is 9.89. The molecule has 1 aliphatic rings. The maximum Gasteiger partial charge on any atom is 0.296 e. The summed E-state index contributed by atoms with van der Waals surface area (Å²) in [4.78, 5) is 10.9. The van der Waals surface area contributed by atoms with E-state index in [-0.39, 0.29) is 17.1 Å². The molecule has 1 unspecified atom stereocenters. The molecule has 0 spiro atoms. The molecule has 1 aromatic rings. The van der Waals surface area contributed by atoms with Crippen molar-refractivity contribution >= 4 is 11.4 Å². The zero-order valence-electron chi connectivity index (χ0n) is 12.9. The molecule has 0 amide bonds. The summed E-state index contributed by atoms with van der Waals surface area (Å²) >= 11 is 0. The van der Waals surface area contributed by atoms with Crippen LogP contribution in [0.4, 0.5) is 11.4 Å². The van der Waals surface area contributed by atoms with E-state index in [0.29, 0.717) is 17.2 Å². The van der Waals surface area contributed by atoms with Gasteiger partial charge in [-0.25, -0.2) is 0 Å². The Bertz CT molecular complexity index is 543. The van der Waals surface area contributed by atoms with E-state index in [1.165, 1.54) is 20.3 Å². The molecule has 1 aliphatic carbocycles. The number of nitrogens with one attached hydrogen (secondary N) is 1. The molecule has 1 saturated carbocycles. The van der Waals surface area contributed by atoms with Crippen LogP contribution in [-0.4, -0.2) is 25.2 Å². The van der Waals surface area contributed by atoms with Gasteiger partial charge in [-0.1, -0.05) is 20.3 Å². The Labute approximate surface area is 124 Å². The Morgan fingerprint density at radius 1 is 1.29 bits per heavy atom. The lowest BCUT2D eigenvalue weighted by molar-refractivity contribution is -0.384. The van der Waals surface area contributed by atoms with E-state index in [9.17, 15) is 10.1 Å². The highest BCUT2D eigenvalue weighted by Gasteiger charge is 2.35. The standard InChI is InChI=1S/C15H22N2O4/c1-15(2)7-5-6-14(15)16-10-8-12(20-3)13(21-4)9-11(10)17(18)19/h8-9,14,16H,5-7H2,1-4H3. The van der Waals surface area contributed by atoms with Gasteiger partial charge in [0.15, 0.2) is 11.5 Å². The van der Waals surface area contributed by atoms with Crippen molar-refractivity contribution in [1.82, 2.24) is 0 Å². The first-order valence-electron chi connectivity index (χ1n) is 7.06. The largest absolute Gasteiger partial charge is 0.493 e.